The summed E-state index contributed by atoms with van der Waals surface area (Å²) in [5.41, 5.74) is 0.288. The average molecular weight is 464 g/mol. The minimum absolute atomic E-state index is 0.343. The Kier molecular flexibility index (Phi) is 5.55. The Balaban J connectivity index is 1.60. The first-order chi connectivity index (χ1) is 14.7. The third-order valence-electron chi connectivity index (χ3n) is 4.52. The van der Waals surface area contributed by atoms with Crippen molar-refractivity contribution in [3.63, 3.8) is 0 Å². The van der Waals surface area contributed by atoms with E-state index in [0.29, 0.717) is 15.2 Å². The Bertz CT molecular complexity index is 1330. The molecule has 4 aromatic rings. The van der Waals surface area contributed by atoms with E-state index in [2.05, 4.69) is 10.3 Å². The van der Waals surface area contributed by atoms with Crippen LogP contribution in [0.2, 0.25) is 5.02 Å². The summed E-state index contributed by atoms with van der Waals surface area (Å²) in [4.78, 5) is 29.4. The number of para-hydroxylation sites is 1. The zero-order valence-corrected chi connectivity index (χ0v) is 17.2. The van der Waals surface area contributed by atoms with Crippen LogP contribution < -0.4 is 10.9 Å². The Morgan fingerprint density at radius 1 is 1.13 bits per heavy atom. The molecule has 0 bridgehead atoms. The van der Waals surface area contributed by atoms with Crippen LogP contribution in [0.4, 0.5) is 18.9 Å². The fourth-order valence-corrected chi connectivity index (χ4v) is 4.17. The predicted octanol–water partition coefficient (Wildman–Crippen LogP) is 5.44. The van der Waals surface area contributed by atoms with Crippen molar-refractivity contribution in [2.45, 2.75) is 12.7 Å². The molecule has 0 aliphatic rings. The van der Waals surface area contributed by atoms with Gasteiger partial charge in [-0.1, -0.05) is 35.9 Å². The van der Waals surface area contributed by atoms with Gasteiger partial charge in [0.2, 0.25) is 5.91 Å². The molecule has 0 atom stereocenters. The van der Waals surface area contributed by atoms with Crippen LogP contribution in [0.3, 0.4) is 0 Å². The quantitative estimate of drug-likeness (QED) is 0.438. The van der Waals surface area contributed by atoms with Gasteiger partial charge in [-0.05, 0) is 29.8 Å². The molecule has 2 heterocycles. The summed E-state index contributed by atoms with van der Waals surface area (Å²) in [6.07, 6.45) is -3.40. The zero-order chi connectivity index (χ0) is 22.2. The average Bonchev–Trinajstić information content (AvgIpc) is 3.15. The number of carbonyl (C=O) groups excluding carboxylic acids is 1. The number of benzene rings is 2. The van der Waals surface area contributed by atoms with Crippen LogP contribution in [0.1, 0.15) is 5.56 Å². The topological polar surface area (TPSA) is 64.0 Å². The summed E-state index contributed by atoms with van der Waals surface area (Å²) < 4.78 is 40.7. The molecular formula is C21H13ClF3N3O2S. The SMILES string of the molecule is O=C(Cn1cnc2c(-c3ccc(Cl)cc3)csc2c1=O)Nc1ccccc1C(F)(F)F. The molecule has 0 spiro atoms. The van der Waals surface area contributed by atoms with E-state index in [0.717, 1.165) is 27.8 Å². The summed E-state index contributed by atoms with van der Waals surface area (Å²) in [6, 6.07) is 11.7. The van der Waals surface area contributed by atoms with Crippen molar-refractivity contribution >= 4 is 44.7 Å². The van der Waals surface area contributed by atoms with Gasteiger partial charge < -0.3 is 5.32 Å². The van der Waals surface area contributed by atoms with Crippen molar-refractivity contribution < 1.29 is 18.0 Å². The van der Waals surface area contributed by atoms with Gasteiger partial charge >= 0.3 is 6.18 Å². The van der Waals surface area contributed by atoms with Crippen LogP contribution in [-0.2, 0) is 17.5 Å². The number of halogens is 4. The number of alkyl halides is 3. The Morgan fingerprint density at radius 3 is 2.55 bits per heavy atom. The van der Waals surface area contributed by atoms with Gasteiger partial charge in [0.05, 0.1) is 23.1 Å². The lowest BCUT2D eigenvalue weighted by Crippen LogP contribution is -2.28. The van der Waals surface area contributed by atoms with Crippen LogP contribution in [-0.4, -0.2) is 15.5 Å². The molecule has 1 amide bonds. The maximum absolute atomic E-state index is 13.1. The molecule has 5 nitrogen and oxygen atoms in total. The van der Waals surface area contributed by atoms with Crippen molar-refractivity contribution in [2.24, 2.45) is 0 Å². The first kappa shape index (κ1) is 21.1. The molecule has 0 unspecified atom stereocenters. The first-order valence-corrected chi connectivity index (χ1v) is 10.2. The van der Waals surface area contributed by atoms with Gasteiger partial charge in [0.25, 0.3) is 5.56 Å². The number of nitrogens with one attached hydrogen (secondary N) is 1. The van der Waals surface area contributed by atoms with Crippen molar-refractivity contribution in [3.05, 3.63) is 81.2 Å². The van der Waals surface area contributed by atoms with Gasteiger partial charge in [0, 0.05) is 16.0 Å². The molecule has 1 N–H and O–H groups in total. The highest BCUT2D eigenvalue weighted by Gasteiger charge is 2.33. The molecule has 0 radical (unpaired) electrons. The van der Waals surface area contributed by atoms with E-state index in [-0.39, 0.29) is 5.69 Å². The fourth-order valence-electron chi connectivity index (χ4n) is 3.07. The van der Waals surface area contributed by atoms with Crippen LogP contribution >= 0.6 is 22.9 Å². The van der Waals surface area contributed by atoms with Crippen molar-refractivity contribution in [1.82, 2.24) is 9.55 Å². The number of fused-ring (bicyclic) bond motifs is 1. The lowest BCUT2D eigenvalue weighted by atomic mass is 10.1. The molecule has 2 aromatic heterocycles. The summed E-state index contributed by atoms with van der Waals surface area (Å²) >= 11 is 7.09. The van der Waals surface area contributed by atoms with E-state index in [1.807, 2.05) is 12.1 Å². The fraction of sp³-hybridized carbons (Fsp3) is 0.0952. The van der Waals surface area contributed by atoms with Gasteiger partial charge in [-0.3, -0.25) is 14.2 Å². The van der Waals surface area contributed by atoms with Gasteiger partial charge in [-0.25, -0.2) is 4.98 Å². The highest BCUT2D eigenvalue weighted by molar-refractivity contribution is 7.17. The number of nitrogens with zero attached hydrogens (tertiary/aromatic N) is 2. The second kappa shape index (κ2) is 8.16. The first-order valence-electron chi connectivity index (χ1n) is 8.92. The number of carbonyl (C=O) groups is 1. The van der Waals surface area contributed by atoms with E-state index in [4.69, 9.17) is 11.6 Å². The third-order valence-corrected chi connectivity index (χ3v) is 5.73. The molecule has 4 rings (SSSR count). The van der Waals surface area contributed by atoms with E-state index in [1.165, 1.54) is 29.8 Å². The highest BCUT2D eigenvalue weighted by Crippen LogP contribution is 2.34. The van der Waals surface area contributed by atoms with Crippen molar-refractivity contribution in [3.8, 4) is 11.1 Å². The summed E-state index contributed by atoms with van der Waals surface area (Å²) in [5, 5.41) is 4.59. The molecule has 0 saturated carbocycles. The van der Waals surface area contributed by atoms with Crippen LogP contribution in [0, 0.1) is 0 Å². The Hall–Kier alpha value is -3.17. The number of anilines is 1. The third kappa shape index (κ3) is 4.33. The van der Waals surface area contributed by atoms with Crippen molar-refractivity contribution in [2.75, 3.05) is 5.32 Å². The van der Waals surface area contributed by atoms with Gasteiger partial charge in [0.1, 0.15) is 11.2 Å². The van der Waals surface area contributed by atoms with Gasteiger partial charge in [-0.2, -0.15) is 13.2 Å². The minimum Gasteiger partial charge on any atom is -0.324 e. The maximum atomic E-state index is 13.1. The van der Waals surface area contributed by atoms with E-state index >= 15 is 0 Å². The molecule has 10 heteroatoms. The standard InChI is InChI=1S/C21H13ClF3N3O2S/c22-13-7-5-12(6-8-13)14-10-31-19-18(14)26-11-28(20(19)30)9-17(29)27-16-4-2-1-3-15(16)21(23,24)25/h1-8,10-11H,9H2,(H,27,29). The Morgan fingerprint density at radius 2 is 1.84 bits per heavy atom. The highest BCUT2D eigenvalue weighted by atomic mass is 35.5. The number of rotatable bonds is 4. The lowest BCUT2D eigenvalue weighted by Gasteiger charge is -2.13. The molecule has 0 fully saturated rings. The minimum atomic E-state index is -4.61. The number of amides is 1. The lowest BCUT2D eigenvalue weighted by molar-refractivity contribution is -0.137. The van der Waals surface area contributed by atoms with E-state index in [1.54, 1.807) is 17.5 Å². The summed E-state index contributed by atoms with van der Waals surface area (Å²) in [7, 11) is 0. The second-order valence-electron chi connectivity index (χ2n) is 6.60. The monoisotopic (exact) mass is 463 g/mol. The summed E-state index contributed by atoms with van der Waals surface area (Å²) in [5.74, 6) is -0.769. The zero-order valence-electron chi connectivity index (χ0n) is 15.6. The maximum Gasteiger partial charge on any atom is 0.418 e. The van der Waals surface area contributed by atoms with Crippen LogP contribution in [0.25, 0.3) is 21.3 Å². The van der Waals surface area contributed by atoms with Gasteiger partial charge in [-0.15, -0.1) is 11.3 Å². The molecule has 0 saturated heterocycles. The molecule has 2 aromatic carbocycles. The van der Waals surface area contributed by atoms with Crippen LogP contribution in [0.15, 0.2) is 65.0 Å². The molecule has 0 aliphatic carbocycles. The van der Waals surface area contributed by atoms with Gasteiger partial charge in [0.15, 0.2) is 0 Å². The smallest absolute Gasteiger partial charge is 0.324 e. The number of aromatic nitrogens is 2. The number of hydrogen-bond acceptors (Lipinski definition) is 4. The predicted molar refractivity (Wildman–Crippen MR) is 114 cm³/mol. The van der Waals surface area contributed by atoms with E-state index < -0.39 is 29.8 Å². The number of hydrogen-bond donors (Lipinski definition) is 1. The molecule has 158 valence electrons. The van der Waals surface area contributed by atoms with Crippen molar-refractivity contribution in [1.29, 1.82) is 0 Å². The normalized spacial score (nSPS) is 11.6. The summed E-state index contributed by atoms with van der Waals surface area (Å²) in [6.45, 7) is -0.470. The Labute approximate surface area is 182 Å². The molecular weight excluding hydrogens is 451 g/mol. The number of thiophene rings is 1. The largest absolute Gasteiger partial charge is 0.418 e. The van der Waals surface area contributed by atoms with E-state index in [9.17, 15) is 22.8 Å². The molecule has 31 heavy (non-hydrogen) atoms. The van der Waals surface area contributed by atoms with Crippen LogP contribution in [0.5, 0.6) is 0 Å². The second-order valence-corrected chi connectivity index (χ2v) is 7.92. The molecule has 0 aliphatic heterocycles.